The Kier molecular flexibility index (Phi) is 3.58. The van der Waals surface area contributed by atoms with E-state index < -0.39 is 0 Å². The van der Waals surface area contributed by atoms with E-state index in [4.69, 9.17) is 4.42 Å². The Hall–Kier alpha value is -2.62. The van der Waals surface area contributed by atoms with Crippen molar-refractivity contribution in [1.29, 1.82) is 0 Å². The molecule has 0 radical (unpaired) electrons. The first-order chi connectivity index (χ1) is 11.3. The monoisotopic (exact) mass is 306 g/mol. The van der Waals surface area contributed by atoms with Crippen molar-refractivity contribution in [2.75, 3.05) is 18.0 Å². The molecule has 0 aliphatic carbocycles. The predicted molar refractivity (Wildman–Crippen MR) is 89.7 cm³/mol. The van der Waals surface area contributed by atoms with Crippen LogP contribution in [0.4, 0.5) is 6.01 Å². The van der Waals surface area contributed by atoms with E-state index in [1.165, 1.54) is 0 Å². The average Bonchev–Trinajstić information content (AvgIpc) is 3.06. The third kappa shape index (κ3) is 2.72. The van der Waals surface area contributed by atoms with Crippen molar-refractivity contribution in [1.82, 2.24) is 4.98 Å². The smallest absolute Gasteiger partial charge is 0.298 e. The van der Waals surface area contributed by atoms with Crippen LogP contribution in [0.1, 0.15) is 23.2 Å². The SMILES string of the molecule is O=C(c1ccccc1)C1CCN(c2nc3ccccc3o2)CC1. The second-order valence-corrected chi connectivity index (χ2v) is 5.96. The largest absolute Gasteiger partial charge is 0.423 e. The lowest BCUT2D eigenvalue weighted by atomic mass is 9.89. The highest BCUT2D eigenvalue weighted by molar-refractivity contribution is 5.97. The van der Waals surface area contributed by atoms with E-state index >= 15 is 0 Å². The lowest BCUT2D eigenvalue weighted by Crippen LogP contribution is -2.36. The van der Waals surface area contributed by atoms with Crippen molar-refractivity contribution in [2.45, 2.75) is 12.8 Å². The van der Waals surface area contributed by atoms with Gasteiger partial charge in [-0.25, -0.2) is 0 Å². The van der Waals surface area contributed by atoms with Crippen LogP contribution < -0.4 is 4.90 Å². The first-order valence-corrected chi connectivity index (χ1v) is 8.01. The van der Waals surface area contributed by atoms with Crippen LogP contribution >= 0.6 is 0 Å². The normalized spacial score (nSPS) is 15.9. The van der Waals surface area contributed by atoms with Gasteiger partial charge in [0.15, 0.2) is 11.4 Å². The number of rotatable bonds is 3. The Morgan fingerprint density at radius 1 is 1.00 bits per heavy atom. The summed E-state index contributed by atoms with van der Waals surface area (Å²) in [7, 11) is 0. The second-order valence-electron chi connectivity index (χ2n) is 5.96. The number of oxazole rings is 1. The number of hydrogen-bond donors (Lipinski definition) is 0. The summed E-state index contributed by atoms with van der Waals surface area (Å²) in [5.41, 5.74) is 2.50. The fraction of sp³-hybridized carbons (Fsp3) is 0.263. The zero-order valence-electron chi connectivity index (χ0n) is 12.8. The molecule has 2 heterocycles. The van der Waals surface area contributed by atoms with Gasteiger partial charge in [-0.15, -0.1) is 0 Å². The number of nitrogens with zero attached hydrogens (tertiary/aromatic N) is 2. The Bertz CT molecular complexity index is 785. The summed E-state index contributed by atoms with van der Waals surface area (Å²) >= 11 is 0. The van der Waals surface area contributed by atoms with Crippen molar-refractivity contribution in [3.8, 4) is 0 Å². The molecule has 1 fully saturated rings. The van der Waals surface area contributed by atoms with Crippen LogP contribution in [-0.4, -0.2) is 23.9 Å². The van der Waals surface area contributed by atoms with Crippen molar-refractivity contribution in [3.05, 3.63) is 60.2 Å². The van der Waals surface area contributed by atoms with Gasteiger partial charge in [-0.05, 0) is 25.0 Å². The van der Waals surface area contributed by atoms with E-state index in [0.29, 0.717) is 6.01 Å². The highest BCUT2D eigenvalue weighted by Crippen LogP contribution is 2.27. The Balaban J connectivity index is 1.45. The predicted octanol–water partition coefficient (Wildman–Crippen LogP) is 3.93. The quantitative estimate of drug-likeness (QED) is 0.688. The summed E-state index contributed by atoms with van der Waals surface area (Å²) in [5.74, 6) is 0.348. The molecule has 1 aromatic heterocycles. The maximum absolute atomic E-state index is 12.5. The van der Waals surface area contributed by atoms with Gasteiger partial charge in [0, 0.05) is 24.6 Å². The molecule has 0 amide bonds. The van der Waals surface area contributed by atoms with Gasteiger partial charge >= 0.3 is 0 Å². The summed E-state index contributed by atoms with van der Waals surface area (Å²) in [6.45, 7) is 1.60. The molecule has 2 aromatic carbocycles. The lowest BCUT2D eigenvalue weighted by molar-refractivity contribution is 0.0899. The number of para-hydroxylation sites is 2. The van der Waals surface area contributed by atoms with E-state index in [1.807, 2.05) is 54.6 Å². The molecule has 0 N–H and O–H groups in total. The molecule has 4 rings (SSSR count). The average molecular weight is 306 g/mol. The second kappa shape index (κ2) is 5.88. The van der Waals surface area contributed by atoms with E-state index in [-0.39, 0.29) is 11.7 Å². The van der Waals surface area contributed by atoms with Gasteiger partial charge in [-0.3, -0.25) is 4.79 Å². The van der Waals surface area contributed by atoms with E-state index in [2.05, 4.69) is 9.88 Å². The first-order valence-electron chi connectivity index (χ1n) is 8.01. The molecule has 3 aromatic rings. The Morgan fingerprint density at radius 3 is 2.43 bits per heavy atom. The van der Waals surface area contributed by atoms with E-state index in [9.17, 15) is 4.79 Å². The molecule has 23 heavy (non-hydrogen) atoms. The molecule has 0 bridgehead atoms. The summed E-state index contributed by atoms with van der Waals surface area (Å²) in [6.07, 6.45) is 1.68. The number of piperidine rings is 1. The molecule has 4 heteroatoms. The highest BCUT2D eigenvalue weighted by Gasteiger charge is 2.27. The van der Waals surface area contributed by atoms with Gasteiger partial charge in [0.25, 0.3) is 6.01 Å². The molecule has 116 valence electrons. The van der Waals surface area contributed by atoms with Gasteiger partial charge in [0.05, 0.1) is 0 Å². The highest BCUT2D eigenvalue weighted by atomic mass is 16.4. The number of anilines is 1. The molecule has 1 saturated heterocycles. The van der Waals surface area contributed by atoms with Crippen LogP contribution in [-0.2, 0) is 0 Å². The van der Waals surface area contributed by atoms with Gasteiger partial charge in [-0.1, -0.05) is 42.5 Å². The van der Waals surface area contributed by atoms with E-state index in [1.54, 1.807) is 0 Å². The molecule has 0 atom stereocenters. The van der Waals surface area contributed by atoms with Gasteiger partial charge in [0.2, 0.25) is 0 Å². The zero-order valence-corrected chi connectivity index (χ0v) is 12.8. The number of fused-ring (bicyclic) bond motifs is 1. The third-order valence-electron chi connectivity index (χ3n) is 4.48. The molecule has 4 nitrogen and oxygen atoms in total. The third-order valence-corrected chi connectivity index (χ3v) is 4.48. The maximum atomic E-state index is 12.5. The summed E-state index contributed by atoms with van der Waals surface area (Å²) in [4.78, 5) is 19.2. The van der Waals surface area contributed by atoms with E-state index in [0.717, 1.165) is 42.6 Å². The topological polar surface area (TPSA) is 46.3 Å². The number of Topliss-reactive ketones (excluding diaryl/α,β-unsaturated/α-hetero) is 1. The molecular weight excluding hydrogens is 288 g/mol. The summed E-state index contributed by atoms with van der Waals surface area (Å²) in [5, 5.41) is 0. The number of ketones is 1. The molecular formula is C19H18N2O2. The first kappa shape index (κ1) is 14.0. The van der Waals surface area contributed by atoms with Crippen LogP contribution in [0, 0.1) is 5.92 Å². The number of carbonyl (C=O) groups excluding carboxylic acids is 1. The Labute approximate surface area is 134 Å². The number of hydrogen-bond acceptors (Lipinski definition) is 4. The van der Waals surface area contributed by atoms with Crippen LogP contribution in [0.3, 0.4) is 0 Å². The lowest BCUT2D eigenvalue weighted by Gasteiger charge is -2.30. The Morgan fingerprint density at radius 2 is 1.70 bits per heavy atom. The van der Waals surface area contributed by atoms with Gasteiger partial charge < -0.3 is 9.32 Å². The number of carbonyl (C=O) groups is 1. The fourth-order valence-electron chi connectivity index (χ4n) is 3.17. The van der Waals surface area contributed by atoms with Crippen LogP contribution in [0.25, 0.3) is 11.1 Å². The molecule has 0 spiro atoms. The maximum Gasteiger partial charge on any atom is 0.298 e. The minimum Gasteiger partial charge on any atom is -0.423 e. The van der Waals surface area contributed by atoms with Crippen molar-refractivity contribution in [2.24, 2.45) is 5.92 Å². The zero-order chi connectivity index (χ0) is 15.6. The van der Waals surface area contributed by atoms with Crippen LogP contribution in [0.5, 0.6) is 0 Å². The van der Waals surface area contributed by atoms with Crippen LogP contribution in [0.15, 0.2) is 59.0 Å². The summed E-state index contributed by atoms with van der Waals surface area (Å²) in [6, 6.07) is 18.0. The van der Waals surface area contributed by atoms with Crippen molar-refractivity contribution < 1.29 is 9.21 Å². The fourth-order valence-corrected chi connectivity index (χ4v) is 3.17. The minimum atomic E-state index is 0.0954. The molecule has 1 aliphatic rings. The number of benzene rings is 2. The number of aromatic nitrogens is 1. The van der Waals surface area contributed by atoms with Crippen LogP contribution in [0.2, 0.25) is 0 Å². The summed E-state index contributed by atoms with van der Waals surface area (Å²) < 4.78 is 5.82. The standard InChI is InChI=1S/C19H18N2O2/c22-18(14-6-2-1-3-7-14)15-10-12-21(13-11-15)19-20-16-8-4-5-9-17(16)23-19/h1-9,15H,10-13H2. The van der Waals surface area contributed by atoms with Crippen molar-refractivity contribution >= 4 is 22.9 Å². The molecule has 0 unspecified atom stereocenters. The molecule has 0 saturated carbocycles. The molecule has 1 aliphatic heterocycles. The minimum absolute atomic E-state index is 0.0954. The van der Waals surface area contributed by atoms with Gasteiger partial charge in [-0.2, -0.15) is 4.98 Å². The van der Waals surface area contributed by atoms with Crippen molar-refractivity contribution in [3.63, 3.8) is 0 Å². The van der Waals surface area contributed by atoms with Gasteiger partial charge in [0.1, 0.15) is 5.52 Å².